The van der Waals surface area contributed by atoms with Crippen LogP contribution in [0.2, 0.25) is 0 Å². The van der Waals surface area contributed by atoms with E-state index in [0.717, 1.165) is 33.4 Å². The molecule has 0 radical (unpaired) electrons. The molecule has 154 valence electrons. The normalized spacial score (nSPS) is 19.0. The van der Waals surface area contributed by atoms with Crippen LogP contribution in [0.1, 0.15) is 36.0 Å². The fourth-order valence-corrected chi connectivity index (χ4v) is 5.13. The quantitative estimate of drug-likeness (QED) is 0.381. The van der Waals surface area contributed by atoms with Gasteiger partial charge in [-0.25, -0.2) is 13.2 Å². The van der Waals surface area contributed by atoms with Crippen LogP contribution in [-0.4, -0.2) is 22.2 Å². The summed E-state index contributed by atoms with van der Waals surface area (Å²) >= 11 is 3.76. The molecule has 0 unspecified atom stereocenters. The first-order valence-electron chi connectivity index (χ1n) is 8.89. The Bertz CT molecular complexity index is 926. The number of nitrogens with one attached hydrogen (secondary N) is 1. The van der Waals surface area contributed by atoms with Gasteiger partial charge in [0.05, 0.1) is 5.92 Å². The van der Waals surface area contributed by atoms with Crippen molar-refractivity contribution >= 4 is 51.9 Å². The van der Waals surface area contributed by atoms with Crippen LogP contribution in [0.15, 0.2) is 35.2 Å². The van der Waals surface area contributed by atoms with E-state index in [0.29, 0.717) is 18.4 Å². The fraction of sp³-hybridized carbons (Fsp3) is 0.300. The molecule has 1 fully saturated rings. The van der Waals surface area contributed by atoms with Crippen molar-refractivity contribution in [3.05, 3.63) is 56.9 Å². The molecule has 0 saturated heterocycles. The van der Waals surface area contributed by atoms with Gasteiger partial charge in [-0.1, -0.05) is 0 Å². The summed E-state index contributed by atoms with van der Waals surface area (Å²) < 4.78 is 40.7. The standard InChI is InChI=1S/C20H17F3INO3S/c21-14-8-12(9-15(22)18(14)23)25-19(26)11-3-6-16(24)17(7-11)29-13-4-1-10(2-5-13)20(27)28/h3,6-10,13H,1-2,4-5H2,(H,25,26)(H,27,28). The van der Waals surface area contributed by atoms with E-state index in [-0.39, 0.29) is 16.9 Å². The molecule has 0 spiro atoms. The SMILES string of the molecule is O=C(Nc1cc(F)c(F)c(F)c1)c1ccc(I)c(SC2CCC(C(=O)O)CC2)c1. The molecular formula is C20H17F3INO3S. The van der Waals surface area contributed by atoms with Gasteiger partial charge in [-0.3, -0.25) is 9.59 Å². The molecule has 0 heterocycles. The lowest BCUT2D eigenvalue weighted by Crippen LogP contribution is -2.22. The Hall–Kier alpha value is -1.75. The number of rotatable bonds is 5. The van der Waals surface area contributed by atoms with E-state index in [2.05, 4.69) is 27.9 Å². The maximum absolute atomic E-state index is 13.3. The molecule has 1 aliphatic rings. The van der Waals surface area contributed by atoms with Gasteiger partial charge in [-0.05, 0) is 66.5 Å². The molecule has 2 aromatic rings. The summed E-state index contributed by atoms with van der Waals surface area (Å²) in [5.74, 6) is -5.96. The molecule has 0 aromatic heterocycles. The van der Waals surface area contributed by atoms with Gasteiger partial charge in [0, 0.05) is 37.1 Å². The highest BCUT2D eigenvalue weighted by Gasteiger charge is 2.27. The number of carboxylic acids is 1. The zero-order valence-corrected chi connectivity index (χ0v) is 18.0. The highest BCUT2D eigenvalue weighted by Crippen LogP contribution is 2.38. The third-order valence-electron chi connectivity index (χ3n) is 4.75. The number of halogens is 4. The van der Waals surface area contributed by atoms with Crippen LogP contribution in [-0.2, 0) is 4.79 Å². The van der Waals surface area contributed by atoms with Crippen molar-refractivity contribution in [1.82, 2.24) is 0 Å². The molecule has 1 saturated carbocycles. The lowest BCUT2D eigenvalue weighted by atomic mass is 9.89. The van der Waals surface area contributed by atoms with Crippen molar-refractivity contribution in [3.63, 3.8) is 0 Å². The average Bonchev–Trinajstić information content (AvgIpc) is 2.68. The number of benzene rings is 2. The molecule has 3 rings (SSSR count). The second-order valence-electron chi connectivity index (χ2n) is 6.78. The lowest BCUT2D eigenvalue weighted by molar-refractivity contribution is -0.142. The van der Waals surface area contributed by atoms with Crippen LogP contribution in [0.4, 0.5) is 18.9 Å². The fourth-order valence-electron chi connectivity index (χ4n) is 3.17. The predicted molar refractivity (Wildman–Crippen MR) is 113 cm³/mol. The minimum atomic E-state index is -1.59. The first-order valence-corrected chi connectivity index (χ1v) is 10.9. The molecule has 9 heteroatoms. The Kier molecular flexibility index (Phi) is 7.10. The topological polar surface area (TPSA) is 66.4 Å². The third-order valence-corrected chi connectivity index (χ3v) is 7.46. The molecule has 2 N–H and O–H groups in total. The van der Waals surface area contributed by atoms with E-state index < -0.39 is 29.3 Å². The zero-order valence-electron chi connectivity index (χ0n) is 15.1. The smallest absolute Gasteiger partial charge is 0.306 e. The molecule has 0 atom stereocenters. The van der Waals surface area contributed by atoms with Crippen molar-refractivity contribution in [1.29, 1.82) is 0 Å². The van der Waals surface area contributed by atoms with E-state index in [4.69, 9.17) is 5.11 Å². The molecule has 0 bridgehead atoms. The van der Waals surface area contributed by atoms with E-state index >= 15 is 0 Å². The highest BCUT2D eigenvalue weighted by atomic mass is 127. The average molecular weight is 535 g/mol. The maximum atomic E-state index is 13.3. The monoisotopic (exact) mass is 535 g/mol. The summed E-state index contributed by atoms with van der Waals surface area (Å²) in [5, 5.41) is 11.7. The van der Waals surface area contributed by atoms with Gasteiger partial charge >= 0.3 is 5.97 Å². The Labute approximate surface area is 183 Å². The van der Waals surface area contributed by atoms with Gasteiger partial charge in [0.1, 0.15) is 0 Å². The number of carboxylic acid groups (broad SMARTS) is 1. The summed E-state index contributed by atoms with van der Waals surface area (Å²) in [6, 6.07) is 6.51. The summed E-state index contributed by atoms with van der Waals surface area (Å²) in [5.41, 5.74) is 0.128. The van der Waals surface area contributed by atoms with Gasteiger partial charge in [0.2, 0.25) is 0 Å². The number of carbonyl (C=O) groups excluding carboxylic acids is 1. The number of anilines is 1. The number of amides is 1. The second-order valence-corrected chi connectivity index (χ2v) is 9.29. The zero-order chi connectivity index (χ0) is 21.1. The summed E-state index contributed by atoms with van der Waals surface area (Å²) in [6.45, 7) is 0. The first kappa shape index (κ1) is 21.9. The van der Waals surface area contributed by atoms with Crippen LogP contribution >= 0.6 is 34.4 Å². The number of thioether (sulfide) groups is 1. The first-order chi connectivity index (χ1) is 13.7. The highest BCUT2D eigenvalue weighted by molar-refractivity contribution is 14.1. The second kappa shape index (κ2) is 9.38. The summed E-state index contributed by atoms with van der Waals surface area (Å²) in [4.78, 5) is 24.4. The lowest BCUT2D eigenvalue weighted by Gasteiger charge is -2.26. The molecular weight excluding hydrogens is 518 g/mol. The predicted octanol–water partition coefficient (Wildman–Crippen LogP) is 5.70. The third kappa shape index (κ3) is 5.44. The molecule has 2 aromatic carbocycles. The van der Waals surface area contributed by atoms with Crippen molar-refractivity contribution in [2.24, 2.45) is 5.92 Å². The van der Waals surface area contributed by atoms with Crippen LogP contribution in [0, 0.1) is 26.9 Å². The Morgan fingerprint density at radius 2 is 1.66 bits per heavy atom. The van der Waals surface area contributed by atoms with E-state index in [1.165, 1.54) is 0 Å². The molecule has 29 heavy (non-hydrogen) atoms. The number of carbonyl (C=O) groups is 2. The van der Waals surface area contributed by atoms with E-state index in [1.54, 1.807) is 30.0 Å². The van der Waals surface area contributed by atoms with Gasteiger partial charge in [-0.2, -0.15) is 0 Å². The van der Waals surface area contributed by atoms with Crippen LogP contribution in [0.3, 0.4) is 0 Å². The molecule has 0 aliphatic heterocycles. The molecule has 1 amide bonds. The number of hydrogen-bond acceptors (Lipinski definition) is 3. The van der Waals surface area contributed by atoms with Crippen molar-refractivity contribution < 1.29 is 27.9 Å². The maximum Gasteiger partial charge on any atom is 0.306 e. The van der Waals surface area contributed by atoms with Crippen LogP contribution in [0.25, 0.3) is 0 Å². The van der Waals surface area contributed by atoms with Gasteiger partial charge in [0.25, 0.3) is 5.91 Å². The summed E-state index contributed by atoms with van der Waals surface area (Å²) in [7, 11) is 0. The Morgan fingerprint density at radius 1 is 1.03 bits per heavy atom. The minimum absolute atomic E-state index is 0.175. The summed E-state index contributed by atoms with van der Waals surface area (Å²) in [6.07, 6.45) is 2.82. The molecule has 4 nitrogen and oxygen atoms in total. The van der Waals surface area contributed by atoms with Crippen molar-refractivity contribution in [3.8, 4) is 0 Å². The Morgan fingerprint density at radius 3 is 2.24 bits per heavy atom. The Balaban J connectivity index is 1.70. The largest absolute Gasteiger partial charge is 0.481 e. The van der Waals surface area contributed by atoms with Gasteiger partial charge in [0.15, 0.2) is 17.5 Å². The van der Waals surface area contributed by atoms with Crippen LogP contribution in [0.5, 0.6) is 0 Å². The van der Waals surface area contributed by atoms with Crippen molar-refractivity contribution in [2.45, 2.75) is 35.8 Å². The number of hydrogen-bond donors (Lipinski definition) is 2. The van der Waals surface area contributed by atoms with E-state index in [9.17, 15) is 22.8 Å². The van der Waals surface area contributed by atoms with Gasteiger partial charge < -0.3 is 10.4 Å². The minimum Gasteiger partial charge on any atom is -0.481 e. The van der Waals surface area contributed by atoms with Crippen molar-refractivity contribution in [2.75, 3.05) is 5.32 Å². The van der Waals surface area contributed by atoms with E-state index in [1.807, 2.05) is 0 Å². The number of aliphatic carboxylic acids is 1. The van der Waals surface area contributed by atoms with Crippen LogP contribution < -0.4 is 5.32 Å². The van der Waals surface area contributed by atoms with Gasteiger partial charge in [-0.15, -0.1) is 11.8 Å². The molecule has 1 aliphatic carbocycles.